The van der Waals surface area contributed by atoms with E-state index in [9.17, 15) is 4.79 Å². The highest BCUT2D eigenvalue weighted by Gasteiger charge is 2.28. The molecule has 1 aromatic heterocycles. The van der Waals surface area contributed by atoms with E-state index in [1.807, 2.05) is 36.1 Å². The molecule has 1 amide bonds. The predicted octanol–water partition coefficient (Wildman–Crippen LogP) is 2.21. The molecule has 0 bridgehead atoms. The van der Waals surface area contributed by atoms with Gasteiger partial charge >= 0.3 is 0 Å². The van der Waals surface area contributed by atoms with Gasteiger partial charge in [0.1, 0.15) is 11.6 Å². The molecule has 2 aliphatic heterocycles. The van der Waals surface area contributed by atoms with E-state index in [-0.39, 0.29) is 5.91 Å². The molecule has 144 valence electrons. The van der Waals surface area contributed by atoms with Gasteiger partial charge in [-0.15, -0.1) is 10.2 Å². The number of rotatable bonds is 5. The summed E-state index contributed by atoms with van der Waals surface area (Å²) in [4.78, 5) is 14.4. The molecule has 2 aliphatic rings. The SMILES string of the molecule is Cc1ccccc1OCCC(=O)N1CCn2c(nnc2C2CCCCN2)C1. The lowest BCUT2D eigenvalue weighted by atomic mass is 10.0. The summed E-state index contributed by atoms with van der Waals surface area (Å²) in [5.41, 5.74) is 1.08. The van der Waals surface area contributed by atoms with Gasteiger partial charge in [0.2, 0.25) is 5.91 Å². The number of aryl methyl sites for hydroxylation is 1. The first-order valence-electron chi connectivity index (χ1n) is 9.84. The van der Waals surface area contributed by atoms with E-state index < -0.39 is 0 Å². The standard InChI is InChI=1S/C20H27N5O2/c1-15-6-2-3-8-17(15)27-13-9-19(26)24-11-12-25-18(14-24)22-23-20(25)16-7-4-5-10-21-16/h2-3,6,8,16,21H,4-5,7,9-14H2,1H3. The molecule has 1 N–H and O–H groups in total. The second kappa shape index (κ2) is 8.08. The summed E-state index contributed by atoms with van der Waals surface area (Å²) in [6.45, 7) is 5.44. The Morgan fingerprint density at radius 3 is 2.96 bits per heavy atom. The summed E-state index contributed by atoms with van der Waals surface area (Å²) in [5.74, 6) is 2.86. The van der Waals surface area contributed by atoms with Gasteiger partial charge in [-0.3, -0.25) is 4.79 Å². The third-order valence-electron chi connectivity index (χ3n) is 5.42. The van der Waals surface area contributed by atoms with E-state index >= 15 is 0 Å². The predicted molar refractivity (Wildman–Crippen MR) is 101 cm³/mol. The molecule has 1 saturated heterocycles. The summed E-state index contributed by atoms with van der Waals surface area (Å²) in [6.07, 6.45) is 3.94. The highest BCUT2D eigenvalue weighted by molar-refractivity contribution is 5.76. The topological polar surface area (TPSA) is 72.3 Å². The number of hydrogen-bond acceptors (Lipinski definition) is 5. The lowest BCUT2D eigenvalue weighted by molar-refractivity contribution is -0.133. The van der Waals surface area contributed by atoms with Crippen LogP contribution in [0.5, 0.6) is 5.75 Å². The molecule has 0 spiro atoms. The van der Waals surface area contributed by atoms with E-state index in [0.717, 1.165) is 42.5 Å². The number of para-hydroxylation sites is 1. The fourth-order valence-electron chi connectivity index (χ4n) is 3.85. The van der Waals surface area contributed by atoms with Crippen LogP contribution in [0.3, 0.4) is 0 Å². The van der Waals surface area contributed by atoms with Crippen LogP contribution in [0.15, 0.2) is 24.3 Å². The number of aromatic nitrogens is 3. The first-order chi connectivity index (χ1) is 13.2. The Hall–Kier alpha value is -2.41. The molecule has 4 rings (SSSR count). The number of amides is 1. The van der Waals surface area contributed by atoms with Crippen molar-refractivity contribution >= 4 is 5.91 Å². The number of carbonyl (C=O) groups excluding carboxylic acids is 1. The van der Waals surface area contributed by atoms with Gasteiger partial charge in [-0.05, 0) is 37.9 Å². The van der Waals surface area contributed by atoms with Crippen molar-refractivity contribution in [3.05, 3.63) is 41.5 Å². The van der Waals surface area contributed by atoms with Gasteiger partial charge in [0.25, 0.3) is 0 Å². The van der Waals surface area contributed by atoms with Gasteiger partial charge in [-0.1, -0.05) is 24.6 Å². The molecular weight excluding hydrogens is 342 g/mol. The van der Waals surface area contributed by atoms with E-state index in [1.165, 1.54) is 12.8 Å². The average molecular weight is 369 g/mol. The van der Waals surface area contributed by atoms with Crippen LogP contribution in [0, 0.1) is 6.92 Å². The smallest absolute Gasteiger partial charge is 0.226 e. The van der Waals surface area contributed by atoms with Crippen molar-refractivity contribution in [1.82, 2.24) is 25.0 Å². The second-order valence-corrected chi connectivity index (χ2v) is 7.31. The van der Waals surface area contributed by atoms with Gasteiger partial charge in [-0.25, -0.2) is 0 Å². The van der Waals surface area contributed by atoms with Crippen LogP contribution in [0.2, 0.25) is 0 Å². The number of piperidine rings is 1. The summed E-state index contributed by atoms with van der Waals surface area (Å²) in [7, 11) is 0. The van der Waals surface area contributed by atoms with Crippen LogP contribution in [0.1, 0.15) is 48.9 Å². The molecule has 1 unspecified atom stereocenters. The zero-order valence-electron chi connectivity index (χ0n) is 15.9. The highest BCUT2D eigenvalue weighted by Crippen LogP contribution is 2.24. The zero-order valence-corrected chi connectivity index (χ0v) is 15.9. The molecule has 1 fully saturated rings. The Labute approximate surface area is 159 Å². The molecule has 1 atom stereocenters. The minimum absolute atomic E-state index is 0.107. The number of carbonyl (C=O) groups is 1. The van der Waals surface area contributed by atoms with Gasteiger partial charge < -0.3 is 19.5 Å². The van der Waals surface area contributed by atoms with Crippen molar-refractivity contribution in [2.75, 3.05) is 19.7 Å². The maximum Gasteiger partial charge on any atom is 0.226 e. The van der Waals surface area contributed by atoms with Gasteiger partial charge in [-0.2, -0.15) is 0 Å². The minimum Gasteiger partial charge on any atom is -0.493 e. The highest BCUT2D eigenvalue weighted by atomic mass is 16.5. The van der Waals surface area contributed by atoms with Crippen LogP contribution in [-0.2, 0) is 17.9 Å². The maximum atomic E-state index is 12.6. The van der Waals surface area contributed by atoms with Crippen molar-refractivity contribution in [2.24, 2.45) is 0 Å². The normalized spacial score (nSPS) is 19.6. The second-order valence-electron chi connectivity index (χ2n) is 7.31. The fourth-order valence-corrected chi connectivity index (χ4v) is 3.85. The molecule has 0 aliphatic carbocycles. The monoisotopic (exact) mass is 369 g/mol. The summed E-state index contributed by atoms with van der Waals surface area (Å²) < 4.78 is 7.95. The van der Waals surface area contributed by atoms with Crippen LogP contribution < -0.4 is 10.1 Å². The largest absolute Gasteiger partial charge is 0.493 e. The molecule has 2 aromatic rings. The van der Waals surface area contributed by atoms with Crippen molar-refractivity contribution in [3.8, 4) is 5.75 Å². The Morgan fingerprint density at radius 1 is 1.26 bits per heavy atom. The summed E-state index contributed by atoms with van der Waals surface area (Å²) >= 11 is 0. The van der Waals surface area contributed by atoms with Gasteiger partial charge in [0.15, 0.2) is 5.82 Å². The van der Waals surface area contributed by atoms with E-state index in [0.29, 0.717) is 32.2 Å². The van der Waals surface area contributed by atoms with Crippen molar-refractivity contribution < 1.29 is 9.53 Å². The Kier molecular flexibility index (Phi) is 5.38. The zero-order chi connectivity index (χ0) is 18.6. The van der Waals surface area contributed by atoms with Crippen molar-refractivity contribution in [3.63, 3.8) is 0 Å². The molecular formula is C20H27N5O2. The number of benzene rings is 1. The van der Waals surface area contributed by atoms with Crippen LogP contribution >= 0.6 is 0 Å². The molecule has 0 saturated carbocycles. The van der Waals surface area contributed by atoms with Crippen LogP contribution in [-0.4, -0.2) is 45.3 Å². The Morgan fingerprint density at radius 2 is 2.15 bits per heavy atom. The number of nitrogens with zero attached hydrogens (tertiary/aromatic N) is 4. The van der Waals surface area contributed by atoms with Crippen molar-refractivity contribution in [2.45, 2.75) is 51.7 Å². The number of fused-ring (bicyclic) bond motifs is 1. The lowest BCUT2D eigenvalue weighted by Crippen LogP contribution is -2.40. The molecule has 0 radical (unpaired) electrons. The van der Waals surface area contributed by atoms with Crippen LogP contribution in [0.25, 0.3) is 0 Å². The lowest BCUT2D eigenvalue weighted by Gasteiger charge is -2.30. The fraction of sp³-hybridized carbons (Fsp3) is 0.550. The number of nitrogens with one attached hydrogen (secondary N) is 1. The van der Waals surface area contributed by atoms with Crippen molar-refractivity contribution in [1.29, 1.82) is 0 Å². The number of ether oxygens (including phenoxy) is 1. The molecule has 7 nitrogen and oxygen atoms in total. The molecule has 3 heterocycles. The molecule has 1 aromatic carbocycles. The van der Waals surface area contributed by atoms with E-state index in [2.05, 4.69) is 20.1 Å². The van der Waals surface area contributed by atoms with Gasteiger partial charge in [0, 0.05) is 13.1 Å². The Balaban J connectivity index is 1.32. The minimum atomic E-state index is 0.107. The summed E-state index contributed by atoms with van der Waals surface area (Å²) in [6, 6.07) is 8.16. The van der Waals surface area contributed by atoms with Crippen LogP contribution in [0.4, 0.5) is 0 Å². The molecule has 27 heavy (non-hydrogen) atoms. The van der Waals surface area contributed by atoms with E-state index in [1.54, 1.807) is 0 Å². The van der Waals surface area contributed by atoms with Gasteiger partial charge in [0.05, 0.1) is 25.6 Å². The third kappa shape index (κ3) is 3.98. The summed E-state index contributed by atoms with van der Waals surface area (Å²) in [5, 5.41) is 12.3. The van der Waals surface area contributed by atoms with E-state index in [4.69, 9.17) is 4.74 Å². The third-order valence-corrected chi connectivity index (χ3v) is 5.42. The first kappa shape index (κ1) is 18.0. The quantitative estimate of drug-likeness (QED) is 0.875. The Bertz CT molecular complexity index is 797. The average Bonchev–Trinajstić information content (AvgIpc) is 3.13. The number of hydrogen-bond donors (Lipinski definition) is 1. The molecule has 7 heteroatoms. The first-order valence-corrected chi connectivity index (χ1v) is 9.84. The maximum absolute atomic E-state index is 12.6.